The van der Waals surface area contributed by atoms with E-state index in [1.807, 2.05) is 46.7 Å². The number of hydrogen-bond acceptors (Lipinski definition) is 5. The molecule has 6 heteroatoms. The lowest BCUT2D eigenvalue weighted by molar-refractivity contribution is -0.143. The van der Waals surface area contributed by atoms with E-state index < -0.39 is 5.60 Å². The Labute approximate surface area is 129 Å². The average molecular weight is 303 g/mol. The monoisotopic (exact) mass is 303 g/mol. The van der Waals surface area contributed by atoms with Crippen molar-refractivity contribution in [2.75, 3.05) is 41.5 Å². The molecule has 126 valence electrons. The van der Waals surface area contributed by atoms with Gasteiger partial charge in [0.05, 0.1) is 30.9 Å². The molecule has 0 radical (unpaired) electrons. The number of hydrogen-bond donors (Lipinski definition) is 1. The summed E-state index contributed by atoms with van der Waals surface area (Å²) in [4.78, 5) is 14.2. The molecule has 0 saturated heterocycles. The average Bonchev–Trinajstić information content (AvgIpc) is 2.34. The fraction of sp³-hybridized carbons (Fsp3) is 0.933. The van der Waals surface area contributed by atoms with Crippen LogP contribution in [0.15, 0.2) is 0 Å². The molecule has 0 heterocycles. The van der Waals surface area contributed by atoms with Crippen molar-refractivity contribution in [3.8, 4) is 0 Å². The van der Waals surface area contributed by atoms with Crippen LogP contribution in [0.2, 0.25) is 0 Å². The van der Waals surface area contributed by atoms with Gasteiger partial charge in [-0.25, -0.2) is 5.43 Å². The van der Waals surface area contributed by atoms with Gasteiger partial charge in [-0.2, -0.15) is 0 Å². The summed E-state index contributed by atoms with van der Waals surface area (Å²) in [5.74, 6) is 0.0159. The zero-order chi connectivity index (χ0) is 16.7. The molecule has 0 aliphatic heterocycles. The molecule has 0 aromatic carbocycles. The van der Waals surface area contributed by atoms with Gasteiger partial charge in [0, 0.05) is 14.2 Å². The van der Waals surface area contributed by atoms with Crippen LogP contribution in [0.25, 0.3) is 0 Å². The first kappa shape index (κ1) is 20.3. The minimum Gasteiger partial charge on any atom is -0.379 e. The SMILES string of the molecule is CNN(CN(C)C)C(=O)CC(C)(C)OCCC(C)(C)OC. The first-order valence-electron chi connectivity index (χ1n) is 7.34. The Hall–Kier alpha value is -0.690. The molecule has 0 rings (SSSR count). The first-order valence-corrected chi connectivity index (χ1v) is 7.34. The Bertz CT molecular complexity index is 317. The quantitative estimate of drug-likeness (QED) is 0.489. The van der Waals surface area contributed by atoms with E-state index in [2.05, 4.69) is 5.43 Å². The van der Waals surface area contributed by atoms with Crippen molar-refractivity contribution in [3.63, 3.8) is 0 Å². The zero-order valence-electron chi connectivity index (χ0n) is 14.9. The van der Waals surface area contributed by atoms with Crippen LogP contribution in [0, 0.1) is 0 Å². The highest BCUT2D eigenvalue weighted by Gasteiger charge is 2.27. The van der Waals surface area contributed by atoms with Crippen LogP contribution >= 0.6 is 0 Å². The lowest BCUT2D eigenvalue weighted by Crippen LogP contribution is -2.48. The number of carbonyl (C=O) groups is 1. The Morgan fingerprint density at radius 3 is 2.14 bits per heavy atom. The predicted molar refractivity (Wildman–Crippen MR) is 84.8 cm³/mol. The Morgan fingerprint density at radius 1 is 1.14 bits per heavy atom. The van der Waals surface area contributed by atoms with Crippen molar-refractivity contribution in [3.05, 3.63) is 0 Å². The number of nitrogens with zero attached hydrogens (tertiary/aromatic N) is 2. The standard InChI is InChI=1S/C15H33N3O3/c1-14(2,20-8)9-10-21-15(3,4)11-13(19)18(16-5)12-17(6)7/h16H,9-12H2,1-8H3. The van der Waals surface area contributed by atoms with Gasteiger partial charge < -0.3 is 9.47 Å². The summed E-state index contributed by atoms with van der Waals surface area (Å²) in [6.45, 7) is 9.02. The van der Waals surface area contributed by atoms with Crippen LogP contribution in [0.3, 0.4) is 0 Å². The molecule has 0 aromatic heterocycles. The fourth-order valence-electron chi connectivity index (χ4n) is 1.74. The normalized spacial score (nSPS) is 12.8. The third-order valence-electron chi connectivity index (χ3n) is 3.32. The topological polar surface area (TPSA) is 54.0 Å². The molecule has 0 bridgehead atoms. The van der Waals surface area contributed by atoms with E-state index in [-0.39, 0.29) is 11.5 Å². The van der Waals surface area contributed by atoms with E-state index in [0.29, 0.717) is 19.7 Å². The number of carbonyl (C=O) groups excluding carboxylic acids is 1. The van der Waals surface area contributed by atoms with Crippen LogP contribution in [0.5, 0.6) is 0 Å². The van der Waals surface area contributed by atoms with Gasteiger partial charge in [-0.1, -0.05) is 0 Å². The molecule has 0 fully saturated rings. The van der Waals surface area contributed by atoms with Gasteiger partial charge in [0.25, 0.3) is 0 Å². The van der Waals surface area contributed by atoms with Crippen LogP contribution in [-0.4, -0.2) is 68.5 Å². The summed E-state index contributed by atoms with van der Waals surface area (Å²) < 4.78 is 11.2. The number of rotatable bonds is 10. The fourth-order valence-corrected chi connectivity index (χ4v) is 1.74. The summed E-state index contributed by atoms with van der Waals surface area (Å²) in [5, 5.41) is 1.59. The van der Waals surface area contributed by atoms with Crippen LogP contribution in [0.4, 0.5) is 0 Å². The van der Waals surface area contributed by atoms with E-state index in [0.717, 1.165) is 6.42 Å². The van der Waals surface area contributed by atoms with Gasteiger partial charge in [0.15, 0.2) is 0 Å². The van der Waals surface area contributed by atoms with Gasteiger partial charge in [-0.3, -0.25) is 14.7 Å². The second-order valence-electron chi connectivity index (χ2n) is 6.77. The third kappa shape index (κ3) is 9.03. The molecule has 1 N–H and O–H groups in total. The molecule has 0 unspecified atom stereocenters. The Kier molecular flexibility index (Phi) is 8.39. The third-order valence-corrected chi connectivity index (χ3v) is 3.32. The maximum Gasteiger partial charge on any atom is 0.240 e. The summed E-state index contributed by atoms with van der Waals surface area (Å²) in [5.41, 5.74) is 2.21. The van der Waals surface area contributed by atoms with Crippen LogP contribution in [0.1, 0.15) is 40.5 Å². The predicted octanol–water partition coefficient (Wildman–Crippen LogP) is 1.47. The Balaban J connectivity index is 4.35. The van der Waals surface area contributed by atoms with Crippen LogP contribution < -0.4 is 5.43 Å². The number of amides is 1. The molecule has 0 aliphatic rings. The second kappa shape index (κ2) is 8.68. The van der Waals surface area contributed by atoms with Gasteiger partial charge in [-0.15, -0.1) is 0 Å². The van der Waals surface area contributed by atoms with Gasteiger partial charge in [-0.05, 0) is 48.2 Å². The minimum atomic E-state index is -0.498. The smallest absolute Gasteiger partial charge is 0.240 e. The molecule has 21 heavy (non-hydrogen) atoms. The van der Waals surface area contributed by atoms with Crippen molar-refractivity contribution in [2.45, 2.75) is 51.7 Å². The molecular formula is C15H33N3O3. The molecule has 0 spiro atoms. The zero-order valence-corrected chi connectivity index (χ0v) is 14.9. The van der Waals surface area contributed by atoms with E-state index in [1.165, 1.54) is 0 Å². The van der Waals surface area contributed by atoms with E-state index >= 15 is 0 Å². The van der Waals surface area contributed by atoms with Gasteiger partial charge in [0.1, 0.15) is 0 Å². The molecule has 1 amide bonds. The van der Waals surface area contributed by atoms with Crippen molar-refractivity contribution >= 4 is 5.91 Å². The number of ether oxygens (including phenoxy) is 2. The van der Waals surface area contributed by atoms with Crippen molar-refractivity contribution in [1.29, 1.82) is 0 Å². The van der Waals surface area contributed by atoms with Crippen molar-refractivity contribution < 1.29 is 14.3 Å². The largest absolute Gasteiger partial charge is 0.379 e. The number of hydrazine groups is 1. The molecule has 0 saturated carbocycles. The molecule has 0 aliphatic carbocycles. The first-order chi connectivity index (χ1) is 9.53. The van der Waals surface area contributed by atoms with Gasteiger partial charge >= 0.3 is 0 Å². The lowest BCUT2D eigenvalue weighted by Gasteiger charge is -2.31. The highest BCUT2D eigenvalue weighted by Crippen LogP contribution is 2.19. The van der Waals surface area contributed by atoms with E-state index in [4.69, 9.17) is 9.47 Å². The van der Waals surface area contributed by atoms with E-state index in [9.17, 15) is 4.79 Å². The Morgan fingerprint density at radius 2 is 1.71 bits per heavy atom. The minimum absolute atomic E-state index is 0.0159. The van der Waals surface area contributed by atoms with Gasteiger partial charge in [0.2, 0.25) is 5.91 Å². The molecular weight excluding hydrogens is 270 g/mol. The molecule has 0 atom stereocenters. The van der Waals surface area contributed by atoms with Crippen LogP contribution in [-0.2, 0) is 14.3 Å². The number of methoxy groups -OCH3 is 1. The summed E-state index contributed by atoms with van der Waals surface area (Å²) in [6, 6.07) is 0. The summed E-state index contributed by atoms with van der Waals surface area (Å²) >= 11 is 0. The highest BCUT2D eigenvalue weighted by atomic mass is 16.5. The molecule has 6 nitrogen and oxygen atoms in total. The van der Waals surface area contributed by atoms with E-state index in [1.54, 1.807) is 19.2 Å². The maximum absolute atomic E-state index is 12.3. The molecule has 0 aromatic rings. The summed E-state index contributed by atoms with van der Waals surface area (Å²) in [7, 11) is 7.29. The van der Waals surface area contributed by atoms with Crippen molar-refractivity contribution in [2.24, 2.45) is 0 Å². The van der Waals surface area contributed by atoms with Crippen molar-refractivity contribution in [1.82, 2.24) is 15.3 Å². The highest BCUT2D eigenvalue weighted by molar-refractivity contribution is 5.76. The maximum atomic E-state index is 12.3. The lowest BCUT2D eigenvalue weighted by atomic mass is 10.0. The summed E-state index contributed by atoms with van der Waals surface area (Å²) in [6.07, 6.45) is 1.11. The second-order valence-corrected chi connectivity index (χ2v) is 6.77. The number of nitrogens with one attached hydrogen (secondary N) is 1.